The number of aliphatic hydroxyl groups excluding tert-OH is 1. The Kier molecular flexibility index (Phi) is 6.50. The molecule has 0 radical (unpaired) electrons. The Labute approximate surface area is 130 Å². The van der Waals surface area contributed by atoms with Crippen molar-refractivity contribution in [3.8, 4) is 11.4 Å². The Balaban J connectivity index is 2.23. The van der Waals surface area contributed by atoms with Gasteiger partial charge in [0.1, 0.15) is 10.8 Å². The minimum absolute atomic E-state index is 0.213. The number of nitrogens with one attached hydrogen (secondary N) is 1. The van der Waals surface area contributed by atoms with Crippen molar-refractivity contribution in [2.75, 3.05) is 24.2 Å². The van der Waals surface area contributed by atoms with Crippen molar-refractivity contribution in [1.29, 1.82) is 0 Å². The quantitative estimate of drug-likeness (QED) is 0.444. The van der Waals surface area contributed by atoms with E-state index < -0.39 is 0 Å². The summed E-state index contributed by atoms with van der Waals surface area (Å²) in [7, 11) is 0. The topological polar surface area (TPSA) is 58.0 Å². The second kappa shape index (κ2) is 8.64. The van der Waals surface area contributed by atoms with Gasteiger partial charge in [0.15, 0.2) is 5.82 Å². The van der Waals surface area contributed by atoms with E-state index in [1.54, 1.807) is 11.8 Å². The van der Waals surface area contributed by atoms with Crippen LogP contribution >= 0.6 is 11.8 Å². The summed E-state index contributed by atoms with van der Waals surface area (Å²) in [6.07, 6.45) is 1.82. The first-order valence-electron chi connectivity index (χ1n) is 7.25. The van der Waals surface area contributed by atoms with Gasteiger partial charge in [-0.05, 0) is 12.8 Å². The fourth-order valence-corrected chi connectivity index (χ4v) is 2.63. The first-order valence-corrected chi connectivity index (χ1v) is 8.24. The van der Waals surface area contributed by atoms with E-state index in [0.29, 0.717) is 0 Å². The Morgan fingerprint density at radius 2 is 2.00 bits per heavy atom. The molecule has 0 saturated heterocycles. The maximum absolute atomic E-state index is 8.89. The van der Waals surface area contributed by atoms with Crippen LogP contribution in [0, 0.1) is 0 Å². The maximum Gasteiger partial charge on any atom is 0.162 e. The number of anilines is 1. The van der Waals surface area contributed by atoms with Gasteiger partial charge in [0.2, 0.25) is 0 Å². The summed E-state index contributed by atoms with van der Waals surface area (Å²) in [5.41, 5.74) is 1.02. The number of nitrogens with zero attached hydrogens (tertiary/aromatic N) is 2. The van der Waals surface area contributed by atoms with Crippen LogP contribution in [0.5, 0.6) is 0 Å². The zero-order valence-corrected chi connectivity index (χ0v) is 13.1. The smallest absolute Gasteiger partial charge is 0.162 e. The van der Waals surface area contributed by atoms with Crippen LogP contribution in [0.3, 0.4) is 0 Å². The number of aliphatic hydroxyl groups is 1. The molecule has 2 rings (SSSR count). The molecule has 0 bridgehead atoms. The van der Waals surface area contributed by atoms with Gasteiger partial charge >= 0.3 is 0 Å². The Morgan fingerprint density at radius 1 is 1.19 bits per heavy atom. The molecule has 112 valence electrons. The molecule has 0 unspecified atom stereocenters. The lowest BCUT2D eigenvalue weighted by molar-refractivity contribution is 0.296. The van der Waals surface area contributed by atoms with E-state index in [0.717, 1.165) is 47.4 Å². The molecule has 21 heavy (non-hydrogen) atoms. The fourth-order valence-electron chi connectivity index (χ4n) is 1.80. The average molecular weight is 303 g/mol. The van der Waals surface area contributed by atoms with Crippen LogP contribution < -0.4 is 5.32 Å². The largest absolute Gasteiger partial charge is 0.396 e. The van der Waals surface area contributed by atoms with Gasteiger partial charge in [0.25, 0.3) is 0 Å². The Bertz CT molecular complexity index is 548. The van der Waals surface area contributed by atoms with Crippen LogP contribution in [0.4, 0.5) is 5.82 Å². The summed E-state index contributed by atoms with van der Waals surface area (Å²) >= 11 is 1.65. The zero-order valence-electron chi connectivity index (χ0n) is 12.2. The molecule has 0 aliphatic heterocycles. The molecule has 0 amide bonds. The predicted molar refractivity (Wildman–Crippen MR) is 88.7 cm³/mol. The lowest BCUT2D eigenvalue weighted by atomic mass is 10.2. The molecular weight excluding hydrogens is 282 g/mol. The average Bonchev–Trinajstić information content (AvgIpc) is 2.54. The zero-order chi connectivity index (χ0) is 14.9. The highest BCUT2D eigenvalue weighted by atomic mass is 32.2. The van der Waals surface area contributed by atoms with E-state index in [1.807, 2.05) is 36.4 Å². The van der Waals surface area contributed by atoms with Gasteiger partial charge < -0.3 is 10.4 Å². The van der Waals surface area contributed by atoms with Crippen LogP contribution in [-0.4, -0.2) is 34.0 Å². The first kappa shape index (κ1) is 15.8. The molecule has 0 spiro atoms. The first-order chi connectivity index (χ1) is 10.3. The van der Waals surface area contributed by atoms with Crippen LogP contribution in [-0.2, 0) is 0 Å². The predicted octanol–water partition coefficient (Wildman–Crippen LogP) is 3.44. The molecule has 2 N–H and O–H groups in total. The van der Waals surface area contributed by atoms with Crippen molar-refractivity contribution in [1.82, 2.24) is 9.97 Å². The minimum Gasteiger partial charge on any atom is -0.396 e. The number of hydrogen-bond donors (Lipinski definition) is 2. The molecule has 1 aromatic carbocycles. The monoisotopic (exact) mass is 303 g/mol. The highest BCUT2D eigenvalue weighted by molar-refractivity contribution is 7.99. The van der Waals surface area contributed by atoms with Crippen molar-refractivity contribution in [2.45, 2.75) is 24.8 Å². The van der Waals surface area contributed by atoms with Gasteiger partial charge in [0, 0.05) is 30.5 Å². The van der Waals surface area contributed by atoms with E-state index in [-0.39, 0.29) is 6.61 Å². The van der Waals surface area contributed by atoms with Crippen molar-refractivity contribution < 1.29 is 5.11 Å². The van der Waals surface area contributed by atoms with Crippen LogP contribution in [0.2, 0.25) is 0 Å². The standard InChI is InChI=1S/C16H21N3OS/c1-2-9-17-14-12-15(21-11-6-10-20)19-16(18-14)13-7-4-3-5-8-13/h3-5,7-8,12,20H,2,6,9-11H2,1H3,(H,17,18,19). The molecule has 2 aromatic rings. The maximum atomic E-state index is 8.89. The SMILES string of the molecule is CCCNc1cc(SCCCO)nc(-c2ccccc2)n1. The second-order valence-corrected chi connectivity index (χ2v) is 5.75. The van der Waals surface area contributed by atoms with Gasteiger partial charge in [-0.3, -0.25) is 0 Å². The molecule has 5 heteroatoms. The Morgan fingerprint density at radius 3 is 2.71 bits per heavy atom. The highest BCUT2D eigenvalue weighted by Crippen LogP contribution is 2.24. The van der Waals surface area contributed by atoms with Crippen molar-refractivity contribution in [2.24, 2.45) is 0 Å². The minimum atomic E-state index is 0.213. The van der Waals surface area contributed by atoms with E-state index in [1.165, 1.54) is 0 Å². The summed E-state index contributed by atoms with van der Waals surface area (Å²) in [5.74, 6) is 2.45. The lowest BCUT2D eigenvalue weighted by Gasteiger charge is -2.09. The summed E-state index contributed by atoms with van der Waals surface area (Å²) in [6.45, 7) is 3.24. The van der Waals surface area contributed by atoms with E-state index >= 15 is 0 Å². The molecule has 0 saturated carbocycles. The van der Waals surface area contributed by atoms with Crippen LogP contribution in [0.15, 0.2) is 41.4 Å². The normalized spacial score (nSPS) is 10.6. The van der Waals surface area contributed by atoms with Crippen molar-refractivity contribution >= 4 is 17.6 Å². The summed E-state index contributed by atoms with van der Waals surface area (Å²) in [5, 5.41) is 13.2. The van der Waals surface area contributed by atoms with Gasteiger partial charge in [0.05, 0.1) is 0 Å². The van der Waals surface area contributed by atoms with E-state index in [4.69, 9.17) is 5.11 Å². The number of rotatable bonds is 8. The van der Waals surface area contributed by atoms with Gasteiger partial charge in [-0.15, -0.1) is 11.8 Å². The molecule has 0 atom stereocenters. The van der Waals surface area contributed by atoms with Gasteiger partial charge in [-0.1, -0.05) is 37.3 Å². The molecule has 4 nitrogen and oxygen atoms in total. The third kappa shape index (κ3) is 5.02. The molecular formula is C16H21N3OS. The third-order valence-corrected chi connectivity index (χ3v) is 3.84. The van der Waals surface area contributed by atoms with E-state index in [2.05, 4.69) is 22.2 Å². The van der Waals surface area contributed by atoms with Gasteiger partial charge in [-0.2, -0.15) is 0 Å². The molecule has 0 aliphatic carbocycles. The molecule has 0 fully saturated rings. The highest BCUT2D eigenvalue weighted by Gasteiger charge is 2.07. The van der Waals surface area contributed by atoms with E-state index in [9.17, 15) is 0 Å². The van der Waals surface area contributed by atoms with Crippen LogP contribution in [0.25, 0.3) is 11.4 Å². The lowest BCUT2D eigenvalue weighted by Crippen LogP contribution is -2.04. The third-order valence-electron chi connectivity index (χ3n) is 2.84. The molecule has 0 aliphatic rings. The number of aromatic nitrogens is 2. The Hall–Kier alpha value is -1.59. The summed E-state index contributed by atoms with van der Waals surface area (Å²) in [4.78, 5) is 9.20. The van der Waals surface area contributed by atoms with Crippen molar-refractivity contribution in [3.63, 3.8) is 0 Å². The number of hydrogen-bond acceptors (Lipinski definition) is 5. The van der Waals surface area contributed by atoms with Crippen LogP contribution in [0.1, 0.15) is 19.8 Å². The number of thioether (sulfide) groups is 1. The summed E-state index contributed by atoms with van der Waals surface area (Å²) < 4.78 is 0. The summed E-state index contributed by atoms with van der Waals surface area (Å²) in [6, 6.07) is 12.0. The second-order valence-electron chi connectivity index (χ2n) is 4.63. The molecule has 1 aromatic heterocycles. The van der Waals surface area contributed by atoms with Crippen molar-refractivity contribution in [3.05, 3.63) is 36.4 Å². The number of benzene rings is 1. The van der Waals surface area contributed by atoms with Gasteiger partial charge in [-0.25, -0.2) is 9.97 Å². The fraction of sp³-hybridized carbons (Fsp3) is 0.375. The molecule has 1 heterocycles.